The van der Waals surface area contributed by atoms with E-state index in [0.717, 1.165) is 0 Å². The van der Waals surface area contributed by atoms with Crippen LogP contribution in [0.4, 0.5) is 0 Å². The molecule has 1 aliphatic heterocycles. The summed E-state index contributed by atoms with van der Waals surface area (Å²) >= 11 is 0. The number of carboxylic acid groups (broad SMARTS) is 2. The Morgan fingerprint density at radius 3 is 2.50 bits per heavy atom. The fourth-order valence-electron chi connectivity index (χ4n) is 2.18. The number of hydrogen-bond acceptors (Lipinski definition) is 4. The predicted molar refractivity (Wildman–Crippen MR) is 57.0 cm³/mol. The maximum atomic E-state index is 10.6. The van der Waals surface area contributed by atoms with Gasteiger partial charge < -0.3 is 20.8 Å². The van der Waals surface area contributed by atoms with Gasteiger partial charge in [-0.15, -0.1) is 0 Å². The number of carbonyl (C=O) groups is 2. The van der Waals surface area contributed by atoms with Crippen molar-refractivity contribution in [2.24, 2.45) is 11.7 Å². The Hall–Kier alpha value is -1.14. The highest BCUT2D eigenvalue weighted by molar-refractivity contribution is 5.67. The molecule has 2 atom stereocenters. The molecule has 0 spiro atoms. The predicted octanol–water partition coefficient (Wildman–Crippen LogP) is -0.415. The molecule has 0 aromatic carbocycles. The number of rotatable bonds is 5. The highest BCUT2D eigenvalue weighted by atomic mass is 16.4. The van der Waals surface area contributed by atoms with Gasteiger partial charge in [-0.05, 0) is 12.3 Å². The van der Waals surface area contributed by atoms with Crippen LogP contribution in [0, 0.1) is 5.92 Å². The normalized spacial score (nSPS) is 26.6. The van der Waals surface area contributed by atoms with E-state index in [1.54, 1.807) is 0 Å². The monoisotopic (exact) mass is 230 g/mol. The van der Waals surface area contributed by atoms with E-state index >= 15 is 0 Å². The van der Waals surface area contributed by atoms with E-state index in [4.69, 9.17) is 15.9 Å². The van der Waals surface area contributed by atoms with E-state index in [1.165, 1.54) is 0 Å². The van der Waals surface area contributed by atoms with Crippen molar-refractivity contribution in [1.29, 1.82) is 0 Å². The molecule has 0 aromatic rings. The molecule has 1 saturated heterocycles. The molecule has 0 aromatic heterocycles. The van der Waals surface area contributed by atoms with Gasteiger partial charge in [-0.25, -0.2) is 0 Å². The highest BCUT2D eigenvalue weighted by Gasteiger charge is 2.26. The Morgan fingerprint density at radius 2 is 1.94 bits per heavy atom. The minimum Gasteiger partial charge on any atom is -0.481 e. The molecule has 0 radical (unpaired) electrons. The maximum Gasteiger partial charge on any atom is 0.304 e. The van der Waals surface area contributed by atoms with Crippen LogP contribution in [0.1, 0.15) is 19.3 Å². The van der Waals surface area contributed by atoms with Gasteiger partial charge in [-0.3, -0.25) is 9.59 Å². The van der Waals surface area contributed by atoms with Crippen LogP contribution in [0.2, 0.25) is 0 Å². The zero-order valence-electron chi connectivity index (χ0n) is 9.13. The first-order chi connectivity index (χ1) is 7.47. The lowest BCUT2D eigenvalue weighted by atomic mass is 9.92. The van der Waals surface area contributed by atoms with Gasteiger partial charge in [0, 0.05) is 32.1 Å². The molecule has 1 fully saturated rings. The van der Waals surface area contributed by atoms with E-state index in [1.807, 2.05) is 4.90 Å². The van der Waals surface area contributed by atoms with E-state index < -0.39 is 11.9 Å². The lowest BCUT2D eigenvalue weighted by Gasteiger charge is -2.35. The molecule has 1 heterocycles. The van der Waals surface area contributed by atoms with Crippen LogP contribution in [0.3, 0.4) is 0 Å². The second-order valence-electron chi connectivity index (χ2n) is 4.36. The largest absolute Gasteiger partial charge is 0.481 e. The van der Waals surface area contributed by atoms with E-state index in [-0.39, 0.29) is 24.8 Å². The Bertz CT molecular complexity index is 270. The number of nitrogens with zero attached hydrogens (tertiary/aromatic N) is 1. The molecule has 1 aliphatic rings. The van der Waals surface area contributed by atoms with Crippen molar-refractivity contribution in [2.75, 3.05) is 19.6 Å². The van der Waals surface area contributed by atoms with Crippen LogP contribution in [-0.4, -0.2) is 52.7 Å². The second kappa shape index (κ2) is 5.81. The zero-order valence-corrected chi connectivity index (χ0v) is 9.13. The summed E-state index contributed by atoms with van der Waals surface area (Å²) in [7, 11) is 0. The fraction of sp³-hybridized carbons (Fsp3) is 0.800. The number of carboxylic acids is 2. The summed E-state index contributed by atoms with van der Waals surface area (Å²) in [6, 6.07) is -0.0492. The Labute approximate surface area is 94.0 Å². The number of aliphatic carboxylic acids is 2. The van der Waals surface area contributed by atoms with E-state index in [2.05, 4.69) is 0 Å². The van der Waals surface area contributed by atoms with Crippen LogP contribution in [0.25, 0.3) is 0 Å². The van der Waals surface area contributed by atoms with Gasteiger partial charge in [0.05, 0.1) is 6.42 Å². The standard InChI is InChI=1S/C10H18N2O4/c11-8-3-7(4-10(15)16)5-12(6-8)2-1-9(13)14/h7-8H,1-6,11H2,(H,13,14)(H,15,16). The number of nitrogens with two attached hydrogens (primary N) is 1. The minimum atomic E-state index is -0.839. The van der Waals surface area contributed by atoms with Gasteiger partial charge in [0.2, 0.25) is 0 Å². The molecule has 6 nitrogen and oxygen atoms in total. The minimum absolute atomic E-state index is 0.0371. The molecule has 0 amide bonds. The van der Waals surface area contributed by atoms with Crippen molar-refractivity contribution >= 4 is 11.9 Å². The van der Waals surface area contributed by atoms with Crippen molar-refractivity contribution in [3.63, 3.8) is 0 Å². The molecule has 0 aliphatic carbocycles. The summed E-state index contributed by atoms with van der Waals surface area (Å²) < 4.78 is 0. The molecule has 4 N–H and O–H groups in total. The van der Waals surface area contributed by atoms with Gasteiger partial charge in [0.15, 0.2) is 0 Å². The fourth-order valence-corrected chi connectivity index (χ4v) is 2.18. The number of hydrogen-bond donors (Lipinski definition) is 3. The molecule has 6 heteroatoms. The highest BCUT2D eigenvalue weighted by Crippen LogP contribution is 2.19. The van der Waals surface area contributed by atoms with Crippen molar-refractivity contribution in [1.82, 2.24) is 4.90 Å². The second-order valence-corrected chi connectivity index (χ2v) is 4.36. The van der Waals surface area contributed by atoms with Crippen LogP contribution >= 0.6 is 0 Å². The zero-order chi connectivity index (χ0) is 12.1. The number of likely N-dealkylation sites (tertiary alicyclic amines) is 1. The quantitative estimate of drug-likeness (QED) is 0.593. The lowest BCUT2D eigenvalue weighted by Crippen LogP contribution is -2.47. The summed E-state index contributed by atoms with van der Waals surface area (Å²) in [5.74, 6) is -1.62. The average molecular weight is 230 g/mol. The molecule has 2 unspecified atom stereocenters. The smallest absolute Gasteiger partial charge is 0.304 e. The lowest BCUT2D eigenvalue weighted by molar-refractivity contribution is -0.140. The summed E-state index contributed by atoms with van der Waals surface area (Å²) in [4.78, 5) is 23.0. The Morgan fingerprint density at radius 1 is 1.25 bits per heavy atom. The Kier molecular flexibility index (Phi) is 4.70. The van der Waals surface area contributed by atoms with Crippen molar-refractivity contribution in [2.45, 2.75) is 25.3 Å². The molecule has 0 saturated carbocycles. The third-order valence-corrected chi connectivity index (χ3v) is 2.75. The summed E-state index contributed by atoms with van der Waals surface area (Å²) in [5.41, 5.74) is 5.82. The SMILES string of the molecule is NC1CC(CC(=O)O)CN(CCC(=O)O)C1. The van der Waals surface area contributed by atoms with Gasteiger partial charge in [0.1, 0.15) is 0 Å². The average Bonchev–Trinajstić information content (AvgIpc) is 2.12. The third kappa shape index (κ3) is 4.59. The van der Waals surface area contributed by atoms with Crippen LogP contribution in [0.15, 0.2) is 0 Å². The summed E-state index contributed by atoms with van der Waals surface area (Å²) in [6.45, 7) is 1.73. The molecule has 1 rings (SSSR count). The van der Waals surface area contributed by atoms with Gasteiger partial charge in [-0.1, -0.05) is 0 Å². The van der Waals surface area contributed by atoms with Crippen LogP contribution in [0.5, 0.6) is 0 Å². The van der Waals surface area contributed by atoms with Crippen LogP contribution in [-0.2, 0) is 9.59 Å². The number of piperidine rings is 1. The van der Waals surface area contributed by atoms with Gasteiger partial charge in [-0.2, -0.15) is 0 Å². The first-order valence-corrected chi connectivity index (χ1v) is 5.39. The third-order valence-electron chi connectivity index (χ3n) is 2.75. The van der Waals surface area contributed by atoms with Gasteiger partial charge in [0.25, 0.3) is 0 Å². The molecular formula is C10H18N2O4. The summed E-state index contributed by atoms with van der Waals surface area (Å²) in [5, 5.41) is 17.3. The van der Waals surface area contributed by atoms with Crippen molar-refractivity contribution in [3.05, 3.63) is 0 Å². The topological polar surface area (TPSA) is 104 Å². The van der Waals surface area contributed by atoms with Crippen molar-refractivity contribution in [3.8, 4) is 0 Å². The summed E-state index contributed by atoms with van der Waals surface area (Å²) in [6.07, 6.45) is 0.889. The van der Waals surface area contributed by atoms with Crippen LogP contribution < -0.4 is 5.73 Å². The van der Waals surface area contributed by atoms with Crippen molar-refractivity contribution < 1.29 is 19.8 Å². The molecule has 16 heavy (non-hydrogen) atoms. The first-order valence-electron chi connectivity index (χ1n) is 5.39. The maximum absolute atomic E-state index is 10.6. The van der Waals surface area contributed by atoms with E-state index in [9.17, 15) is 9.59 Å². The molecule has 0 bridgehead atoms. The molecular weight excluding hydrogens is 212 g/mol. The van der Waals surface area contributed by atoms with Gasteiger partial charge >= 0.3 is 11.9 Å². The van der Waals surface area contributed by atoms with E-state index in [0.29, 0.717) is 26.1 Å². The Balaban J connectivity index is 2.40. The molecule has 92 valence electrons. The first kappa shape index (κ1) is 12.9.